The molecule has 20 heavy (non-hydrogen) atoms. The third kappa shape index (κ3) is 3.62. The molecule has 0 saturated heterocycles. The monoisotopic (exact) mass is 295 g/mol. The number of carbonyl (C=O) groups excluding carboxylic acids is 1. The van der Waals surface area contributed by atoms with Crippen molar-refractivity contribution in [2.24, 2.45) is 0 Å². The van der Waals surface area contributed by atoms with Crippen molar-refractivity contribution in [1.82, 2.24) is 4.90 Å². The summed E-state index contributed by atoms with van der Waals surface area (Å²) in [5.74, 6) is 0.300. The number of hydrogen-bond acceptors (Lipinski definition) is 2. The van der Waals surface area contributed by atoms with Crippen molar-refractivity contribution in [3.05, 3.63) is 34.9 Å². The molecule has 3 heteroatoms. The maximum atomic E-state index is 12.9. The fraction of sp³-hybridized carbons (Fsp3) is 0.588. The first-order valence-electron chi connectivity index (χ1n) is 7.56. The van der Waals surface area contributed by atoms with E-state index >= 15 is 0 Å². The third-order valence-corrected chi connectivity index (χ3v) is 4.55. The Morgan fingerprint density at radius 2 is 1.75 bits per heavy atom. The second-order valence-electron chi connectivity index (χ2n) is 5.14. The zero-order valence-electron chi connectivity index (χ0n) is 13.1. The van der Waals surface area contributed by atoms with Gasteiger partial charge in [0.05, 0.1) is 5.54 Å². The Balaban J connectivity index is 3.00. The van der Waals surface area contributed by atoms with Crippen molar-refractivity contribution in [3.8, 4) is 0 Å². The maximum Gasteiger partial charge on any atom is 0.157 e. The minimum absolute atomic E-state index is 0.300. The van der Waals surface area contributed by atoms with E-state index in [4.69, 9.17) is 11.6 Å². The van der Waals surface area contributed by atoms with E-state index in [1.54, 1.807) is 0 Å². The van der Waals surface area contributed by atoms with E-state index in [1.807, 2.05) is 24.3 Å². The van der Waals surface area contributed by atoms with Crippen LogP contribution in [0.2, 0.25) is 5.02 Å². The molecule has 2 nitrogen and oxygen atoms in total. The highest BCUT2D eigenvalue weighted by molar-refractivity contribution is 6.30. The molecule has 0 spiro atoms. The molecule has 0 aliphatic carbocycles. The van der Waals surface area contributed by atoms with Gasteiger partial charge in [0.2, 0.25) is 0 Å². The highest BCUT2D eigenvalue weighted by atomic mass is 35.5. The Kier molecular flexibility index (Phi) is 6.70. The second-order valence-corrected chi connectivity index (χ2v) is 5.58. The summed E-state index contributed by atoms with van der Waals surface area (Å²) in [4.78, 5) is 15.2. The van der Waals surface area contributed by atoms with Crippen LogP contribution in [-0.2, 0) is 11.2 Å². The van der Waals surface area contributed by atoms with Crippen LogP contribution in [0.1, 0.15) is 46.1 Å². The van der Waals surface area contributed by atoms with E-state index in [-0.39, 0.29) is 5.54 Å². The predicted molar refractivity (Wildman–Crippen MR) is 86.4 cm³/mol. The Labute approximate surface area is 128 Å². The van der Waals surface area contributed by atoms with Crippen molar-refractivity contribution in [2.75, 3.05) is 13.1 Å². The van der Waals surface area contributed by atoms with Gasteiger partial charge in [-0.05, 0) is 43.6 Å². The molecular weight excluding hydrogens is 270 g/mol. The molecule has 0 bridgehead atoms. The van der Waals surface area contributed by atoms with E-state index in [2.05, 4.69) is 32.6 Å². The van der Waals surface area contributed by atoms with Crippen molar-refractivity contribution in [1.29, 1.82) is 0 Å². The summed E-state index contributed by atoms with van der Waals surface area (Å²) >= 11 is 6.01. The van der Waals surface area contributed by atoms with Crippen LogP contribution in [0.4, 0.5) is 0 Å². The van der Waals surface area contributed by atoms with Crippen LogP contribution in [0.25, 0.3) is 0 Å². The molecule has 112 valence electrons. The van der Waals surface area contributed by atoms with Gasteiger partial charge in [-0.3, -0.25) is 9.69 Å². The minimum atomic E-state index is -0.341. The largest absolute Gasteiger partial charge is 0.297 e. The van der Waals surface area contributed by atoms with Crippen LogP contribution in [0, 0.1) is 0 Å². The molecule has 0 radical (unpaired) electrons. The van der Waals surface area contributed by atoms with Crippen LogP contribution >= 0.6 is 11.6 Å². The quantitative estimate of drug-likeness (QED) is 0.710. The lowest BCUT2D eigenvalue weighted by molar-refractivity contribution is -0.131. The van der Waals surface area contributed by atoms with Crippen LogP contribution in [0.3, 0.4) is 0 Å². The number of hydrogen-bond donors (Lipinski definition) is 0. The molecule has 0 saturated carbocycles. The van der Waals surface area contributed by atoms with Crippen molar-refractivity contribution in [3.63, 3.8) is 0 Å². The lowest BCUT2D eigenvalue weighted by Crippen LogP contribution is -2.54. The molecule has 0 amide bonds. The van der Waals surface area contributed by atoms with Gasteiger partial charge in [-0.15, -0.1) is 0 Å². The average Bonchev–Trinajstić information content (AvgIpc) is 2.44. The molecule has 1 rings (SSSR count). The average molecular weight is 296 g/mol. The summed E-state index contributed by atoms with van der Waals surface area (Å²) in [5.41, 5.74) is 0.659. The Morgan fingerprint density at radius 3 is 2.20 bits per heavy atom. The fourth-order valence-corrected chi connectivity index (χ4v) is 3.31. The van der Waals surface area contributed by atoms with Gasteiger partial charge < -0.3 is 0 Å². The normalized spacial score (nSPS) is 11.9. The summed E-state index contributed by atoms with van der Waals surface area (Å²) in [5, 5.41) is 0.691. The van der Waals surface area contributed by atoms with E-state index in [1.165, 1.54) is 0 Å². The number of nitrogens with zero attached hydrogens (tertiary/aromatic N) is 1. The zero-order valence-corrected chi connectivity index (χ0v) is 13.8. The maximum absolute atomic E-state index is 12.9. The van der Waals surface area contributed by atoms with Gasteiger partial charge in [-0.1, -0.05) is 51.4 Å². The fourth-order valence-electron chi connectivity index (χ4n) is 3.09. The van der Waals surface area contributed by atoms with Gasteiger partial charge in [0.25, 0.3) is 0 Å². The third-order valence-electron chi connectivity index (χ3n) is 4.31. The SMILES string of the molecule is CCN(CC)C(CC)(CC)C(=O)Cc1cccc(Cl)c1. The molecule has 0 aliphatic heterocycles. The zero-order chi connectivity index (χ0) is 15.2. The van der Waals surface area contributed by atoms with Crippen molar-refractivity contribution < 1.29 is 4.79 Å². The summed E-state index contributed by atoms with van der Waals surface area (Å²) in [7, 11) is 0. The Morgan fingerprint density at radius 1 is 1.15 bits per heavy atom. The van der Waals surface area contributed by atoms with E-state index in [9.17, 15) is 4.79 Å². The van der Waals surface area contributed by atoms with Crippen LogP contribution in [-0.4, -0.2) is 29.3 Å². The lowest BCUT2D eigenvalue weighted by Gasteiger charge is -2.41. The van der Waals surface area contributed by atoms with Gasteiger partial charge in [0.1, 0.15) is 0 Å². The van der Waals surface area contributed by atoms with E-state index in [0.29, 0.717) is 17.2 Å². The van der Waals surface area contributed by atoms with E-state index < -0.39 is 0 Å². The summed E-state index contributed by atoms with van der Waals surface area (Å²) in [6, 6.07) is 7.61. The molecule has 0 unspecified atom stereocenters. The van der Waals surface area contributed by atoms with Crippen molar-refractivity contribution >= 4 is 17.4 Å². The molecule has 1 aromatic rings. The summed E-state index contributed by atoms with van der Waals surface area (Å²) in [6.07, 6.45) is 2.16. The first-order chi connectivity index (χ1) is 9.53. The molecular formula is C17H26ClNO. The summed E-state index contributed by atoms with van der Waals surface area (Å²) in [6.45, 7) is 10.3. The molecule has 0 atom stereocenters. The number of benzene rings is 1. The topological polar surface area (TPSA) is 20.3 Å². The van der Waals surface area contributed by atoms with Crippen LogP contribution in [0.5, 0.6) is 0 Å². The Hall–Kier alpha value is -0.860. The number of likely N-dealkylation sites (N-methyl/N-ethyl adjacent to an activating group) is 1. The molecule has 0 heterocycles. The predicted octanol–water partition coefficient (Wildman–Crippen LogP) is 4.35. The lowest BCUT2D eigenvalue weighted by atomic mass is 9.83. The highest BCUT2D eigenvalue weighted by Crippen LogP contribution is 2.27. The molecule has 1 aromatic carbocycles. The first-order valence-corrected chi connectivity index (χ1v) is 7.94. The number of rotatable bonds is 8. The number of ketones is 1. The number of Topliss-reactive ketones (excluding diaryl/α,β-unsaturated/α-hetero) is 1. The van der Waals surface area contributed by atoms with Crippen LogP contribution in [0.15, 0.2) is 24.3 Å². The van der Waals surface area contributed by atoms with E-state index in [0.717, 1.165) is 31.5 Å². The van der Waals surface area contributed by atoms with Crippen molar-refractivity contribution in [2.45, 2.75) is 52.5 Å². The smallest absolute Gasteiger partial charge is 0.157 e. The van der Waals surface area contributed by atoms with Crippen LogP contribution < -0.4 is 0 Å². The van der Waals surface area contributed by atoms with Gasteiger partial charge in [-0.2, -0.15) is 0 Å². The molecule has 0 fully saturated rings. The summed E-state index contributed by atoms with van der Waals surface area (Å²) < 4.78 is 0. The Bertz CT molecular complexity index is 436. The van der Waals surface area contributed by atoms with Gasteiger partial charge in [0, 0.05) is 11.4 Å². The standard InChI is InChI=1S/C17H26ClNO/c1-5-17(6-2,19(7-3)8-4)16(20)13-14-10-9-11-15(18)12-14/h9-12H,5-8,13H2,1-4H3. The molecule has 0 aliphatic rings. The number of halogens is 1. The first kappa shape index (κ1) is 17.2. The van der Waals surface area contributed by atoms with Gasteiger partial charge in [0.15, 0.2) is 5.78 Å². The van der Waals surface area contributed by atoms with Gasteiger partial charge in [-0.25, -0.2) is 0 Å². The molecule has 0 aromatic heterocycles. The second kappa shape index (κ2) is 7.80. The van der Waals surface area contributed by atoms with Gasteiger partial charge >= 0.3 is 0 Å². The minimum Gasteiger partial charge on any atom is -0.297 e. The number of carbonyl (C=O) groups is 1. The molecule has 0 N–H and O–H groups in total. The highest BCUT2D eigenvalue weighted by Gasteiger charge is 2.38.